The van der Waals surface area contributed by atoms with E-state index < -0.39 is 0 Å². The molecule has 0 saturated heterocycles. The monoisotopic (exact) mass is 128 g/mol. The Morgan fingerprint density at radius 3 is 1.22 bits per heavy atom. The van der Waals surface area contributed by atoms with E-state index in [4.69, 9.17) is 0 Å². The van der Waals surface area contributed by atoms with Crippen molar-refractivity contribution >= 4 is 0 Å². The summed E-state index contributed by atoms with van der Waals surface area (Å²) in [5.41, 5.74) is 0. The molecule has 1 rings (SSSR count). The van der Waals surface area contributed by atoms with Crippen molar-refractivity contribution in [1.82, 2.24) is 0 Å². The quantitative estimate of drug-likeness (QED) is 0.522. The molecule has 1 aromatic heterocycles. The average Bonchev–Trinajstić information content (AvgIpc) is 2.51. The summed E-state index contributed by atoms with van der Waals surface area (Å²) in [6, 6.07) is 3.67. The highest BCUT2D eigenvalue weighted by atomic mass is 16.3. The second-order valence-electron chi connectivity index (χ2n) is 0.793. The predicted molar refractivity (Wildman–Crippen MR) is 41.4 cm³/mol. The first kappa shape index (κ1) is 11.1. The first-order chi connectivity index (χ1) is 4.50. The van der Waals surface area contributed by atoms with Crippen LogP contribution in [0.1, 0.15) is 27.7 Å². The molecule has 9 heavy (non-hydrogen) atoms. The Balaban J connectivity index is 0. The van der Waals surface area contributed by atoms with E-state index in [1.54, 1.807) is 12.5 Å². The number of hydrogen-bond donors (Lipinski definition) is 0. The van der Waals surface area contributed by atoms with E-state index in [0.717, 1.165) is 0 Å². The lowest BCUT2D eigenvalue weighted by atomic mass is 10.7. The van der Waals surface area contributed by atoms with E-state index in [2.05, 4.69) is 4.42 Å². The minimum Gasteiger partial charge on any atom is -0.473 e. The van der Waals surface area contributed by atoms with Crippen LogP contribution in [0.4, 0.5) is 0 Å². The summed E-state index contributed by atoms with van der Waals surface area (Å²) in [6.45, 7) is 8.00. The molecule has 0 aliphatic rings. The molecule has 0 spiro atoms. The summed E-state index contributed by atoms with van der Waals surface area (Å²) >= 11 is 0. The van der Waals surface area contributed by atoms with E-state index >= 15 is 0 Å². The van der Waals surface area contributed by atoms with Crippen LogP contribution in [-0.4, -0.2) is 0 Å². The predicted octanol–water partition coefficient (Wildman–Crippen LogP) is 3.33. The largest absolute Gasteiger partial charge is 0.473 e. The van der Waals surface area contributed by atoms with Crippen molar-refractivity contribution in [1.29, 1.82) is 0 Å². The van der Waals surface area contributed by atoms with Gasteiger partial charge >= 0.3 is 0 Å². The maximum Gasteiger partial charge on any atom is 0.0902 e. The topological polar surface area (TPSA) is 13.1 Å². The Kier molecular flexibility index (Phi) is 19.4. The maximum absolute atomic E-state index is 4.58. The van der Waals surface area contributed by atoms with Gasteiger partial charge in [0, 0.05) is 0 Å². The van der Waals surface area contributed by atoms with Gasteiger partial charge in [-0.2, -0.15) is 0 Å². The van der Waals surface area contributed by atoms with Crippen molar-refractivity contribution < 1.29 is 4.42 Å². The molecule has 0 unspecified atom stereocenters. The third-order valence-corrected chi connectivity index (χ3v) is 0.425. The number of rotatable bonds is 0. The molecule has 1 heterocycles. The molecule has 1 aromatic rings. The fourth-order valence-electron chi connectivity index (χ4n) is 0.227. The number of furan rings is 1. The van der Waals surface area contributed by atoms with Crippen LogP contribution >= 0.6 is 0 Å². The fourth-order valence-corrected chi connectivity index (χ4v) is 0.227. The van der Waals surface area contributed by atoms with Gasteiger partial charge in [-0.25, -0.2) is 0 Å². The molecule has 0 aliphatic heterocycles. The van der Waals surface area contributed by atoms with Gasteiger partial charge in [0.2, 0.25) is 0 Å². The van der Waals surface area contributed by atoms with Gasteiger partial charge in [0.1, 0.15) is 0 Å². The third-order valence-electron chi connectivity index (χ3n) is 0.425. The smallest absolute Gasteiger partial charge is 0.0902 e. The molecule has 0 fully saturated rings. The summed E-state index contributed by atoms with van der Waals surface area (Å²) in [5, 5.41) is 0. The lowest BCUT2D eigenvalue weighted by Crippen LogP contribution is -1.16. The Labute approximate surface area is 57.7 Å². The van der Waals surface area contributed by atoms with Crippen LogP contribution in [0.2, 0.25) is 0 Å². The molecule has 0 amide bonds. The van der Waals surface area contributed by atoms with Crippen LogP contribution in [0.5, 0.6) is 0 Å². The standard InChI is InChI=1S/C4H4O.2C2H6/c1-2-4-5-3-1;2*1-2/h1-4H;2*1-2H3. The van der Waals surface area contributed by atoms with E-state index in [1.165, 1.54) is 0 Å². The van der Waals surface area contributed by atoms with Gasteiger partial charge in [0.15, 0.2) is 0 Å². The zero-order valence-electron chi connectivity index (χ0n) is 6.72. The van der Waals surface area contributed by atoms with Crippen LogP contribution in [0.15, 0.2) is 29.1 Å². The Bertz CT molecular complexity index is 61.0. The molecule has 0 bridgehead atoms. The lowest BCUT2D eigenvalue weighted by Gasteiger charge is -1.50. The molecule has 1 nitrogen and oxygen atoms in total. The van der Waals surface area contributed by atoms with Crippen molar-refractivity contribution in [2.45, 2.75) is 27.7 Å². The second-order valence-corrected chi connectivity index (χ2v) is 0.793. The van der Waals surface area contributed by atoms with E-state index in [1.807, 2.05) is 39.8 Å². The van der Waals surface area contributed by atoms with Gasteiger partial charge in [-0.3, -0.25) is 0 Å². The highest BCUT2D eigenvalue weighted by Gasteiger charge is 1.58. The van der Waals surface area contributed by atoms with Crippen LogP contribution in [0.3, 0.4) is 0 Å². The van der Waals surface area contributed by atoms with Gasteiger partial charge in [-0.15, -0.1) is 0 Å². The fraction of sp³-hybridized carbons (Fsp3) is 0.500. The van der Waals surface area contributed by atoms with Gasteiger partial charge in [0.05, 0.1) is 12.5 Å². The zero-order valence-corrected chi connectivity index (χ0v) is 6.72. The van der Waals surface area contributed by atoms with Crippen LogP contribution in [0, 0.1) is 0 Å². The Hall–Kier alpha value is -0.720. The maximum atomic E-state index is 4.58. The molecule has 0 aromatic carbocycles. The van der Waals surface area contributed by atoms with Gasteiger partial charge in [-0.1, -0.05) is 27.7 Å². The van der Waals surface area contributed by atoms with Crippen molar-refractivity contribution in [2.75, 3.05) is 0 Å². The molecule has 0 aliphatic carbocycles. The van der Waals surface area contributed by atoms with Crippen molar-refractivity contribution in [2.24, 2.45) is 0 Å². The molecule has 0 saturated carbocycles. The summed E-state index contributed by atoms with van der Waals surface area (Å²) in [4.78, 5) is 0. The van der Waals surface area contributed by atoms with E-state index in [0.29, 0.717) is 0 Å². The highest BCUT2D eigenvalue weighted by molar-refractivity contribution is 4.79. The summed E-state index contributed by atoms with van der Waals surface area (Å²) in [6.07, 6.45) is 3.25. The van der Waals surface area contributed by atoms with Crippen molar-refractivity contribution in [3.8, 4) is 0 Å². The number of hydrogen-bond acceptors (Lipinski definition) is 1. The van der Waals surface area contributed by atoms with Crippen LogP contribution in [0.25, 0.3) is 0 Å². The molecule has 1 heteroatoms. The molecule has 0 radical (unpaired) electrons. The summed E-state index contributed by atoms with van der Waals surface area (Å²) in [7, 11) is 0. The third kappa shape index (κ3) is 11.1. The normalized spacial score (nSPS) is 5.78. The SMILES string of the molecule is CC.CC.c1ccoc1. The van der Waals surface area contributed by atoms with Crippen molar-refractivity contribution in [3.05, 3.63) is 24.7 Å². The molecule has 0 atom stereocenters. The second kappa shape index (κ2) is 15.7. The van der Waals surface area contributed by atoms with E-state index in [9.17, 15) is 0 Å². The molecular weight excluding hydrogens is 112 g/mol. The first-order valence-corrected chi connectivity index (χ1v) is 3.47. The van der Waals surface area contributed by atoms with Crippen LogP contribution < -0.4 is 0 Å². The van der Waals surface area contributed by atoms with Crippen molar-refractivity contribution in [3.63, 3.8) is 0 Å². The first-order valence-electron chi connectivity index (χ1n) is 3.47. The summed E-state index contributed by atoms with van der Waals surface area (Å²) in [5.74, 6) is 0. The molecule has 0 N–H and O–H groups in total. The van der Waals surface area contributed by atoms with Gasteiger partial charge in [-0.05, 0) is 12.1 Å². The zero-order chi connectivity index (χ0) is 7.54. The molecular formula is C8H16O. The average molecular weight is 128 g/mol. The van der Waals surface area contributed by atoms with Gasteiger partial charge in [0.25, 0.3) is 0 Å². The molecule has 54 valence electrons. The Morgan fingerprint density at radius 2 is 1.11 bits per heavy atom. The summed E-state index contributed by atoms with van der Waals surface area (Å²) < 4.78 is 4.58. The highest BCUT2D eigenvalue weighted by Crippen LogP contribution is 1.79. The van der Waals surface area contributed by atoms with Crippen LogP contribution in [-0.2, 0) is 0 Å². The minimum absolute atomic E-state index is 1.62. The van der Waals surface area contributed by atoms with E-state index in [-0.39, 0.29) is 0 Å². The lowest BCUT2D eigenvalue weighted by molar-refractivity contribution is 0.567. The Morgan fingerprint density at radius 1 is 0.778 bits per heavy atom. The minimum atomic E-state index is 1.62. The van der Waals surface area contributed by atoms with Gasteiger partial charge < -0.3 is 4.42 Å².